The molecule has 3 atom stereocenters. The zero-order valence-corrected chi connectivity index (χ0v) is 27.4. The van der Waals surface area contributed by atoms with Gasteiger partial charge in [0.05, 0.1) is 25.7 Å². The van der Waals surface area contributed by atoms with Crippen molar-refractivity contribution in [1.82, 2.24) is 4.90 Å². The van der Waals surface area contributed by atoms with Gasteiger partial charge in [-0.25, -0.2) is 0 Å². The number of halogens is 1. The summed E-state index contributed by atoms with van der Waals surface area (Å²) < 4.78 is 27.4. The van der Waals surface area contributed by atoms with Gasteiger partial charge in [-0.3, -0.25) is 14.5 Å². The zero-order valence-electron chi connectivity index (χ0n) is 26.6. The maximum absolute atomic E-state index is 13.7. The largest absolute Gasteiger partial charge is 0.481 e. The molecule has 1 amide bonds. The topological polar surface area (TPSA) is 116 Å². The third-order valence-electron chi connectivity index (χ3n) is 8.71. The molecule has 1 fully saturated rings. The van der Waals surface area contributed by atoms with Crippen molar-refractivity contribution in [2.45, 2.75) is 45.6 Å². The lowest BCUT2D eigenvalue weighted by Crippen LogP contribution is -2.35. The van der Waals surface area contributed by atoms with Crippen LogP contribution in [0.5, 0.6) is 17.2 Å². The van der Waals surface area contributed by atoms with Crippen LogP contribution in [0.3, 0.4) is 0 Å². The molecule has 1 saturated heterocycles. The number of hydrogen-bond donors (Lipinski definition) is 2. The molecule has 1 unspecified atom stereocenters. The molecule has 46 heavy (non-hydrogen) atoms. The van der Waals surface area contributed by atoms with Crippen LogP contribution in [0.4, 0.5) is 5.69 Å². The Kier molecular flexibility index (Phi) is 11.1. The van der Waals surface area contributed by atoms with E-state index in [1.54, 1.807) is 19.2 Å². The van der Waals surface area contributed by atoms with Crippen LogP contribution >= 0.6 is 11.6 Å². The van der Waals surface area contributed by atoms with Crippen molar-refractivity contribution in [1.29, 1.82) is 0 Å². The lowest BCUT2D eigenvalue weighted by atomic mass is 9.81. The number of fused-ring (bicyclic) bond motifs is 1. The summed E-state index contributed by atoms with van der Waals surface area (Å²) in [6.45, 7) is 7.36. The fraction of sp³-hybridized carbons (Fsp3) is 0.429. The predicted octanol–water partition coefficient (Wildman–Crippen LogP) is 5.98. The maximum Gasteiger partial charge on any atom is 0.309 e. The molecular formula is C35H41ClN2O8. The molecule has 2 heterocycles. The lowest BCUT2D eigenvalue weighted by Gasteiger charge is -2.27. The van der Waals surface area contributed by atoms with Crippen molar-refractivity contribution in [2.75, 3.05) is 52.3 Å². The Balaban J connectivity index is 1.45. The van der Waals surface area contributed by atoms with Gasteiger partial charge in [0.15, 0.2) is 18.3 Å². The van der Waals surface area contributed by atoms with Crippen LogP contribution in [0, 0.1) is 12.8 Å². The number of carboxylic acids is 1. The fourth-order valence-corrected chi connectivity index (χ4v) is 6.78. The maximum atomic E-state index is 13.7. The summed E-state index contributed by atoms with van der Waals surface area (Å²) in [5.41, 5.74) is 5.14. The summed E-state index contributed by atoms with van der Waals surface area (Å²) in [7, 11) is 1.60. The second-order valence-electron chi connectivity index (χ2n) is 11.4. The summed E-state index contributed by atoms with van der Waals surface area (Å²) in [5.74, 6) is -0.571. The summed E-state index contributed by atoms with van der Waals surface area (Å²) in [5, 5.41) is 14.5. The van der Waals surface area contributed by atoms with E-state index in [-0.39, 0.29) is 26.0 Å². The van der Waals surface area contributed by atoms with Gasteiger partial charge in [-0.1, -0.05) is 43.6 Å². The quantitative estimate of drug-likeness (QED) is 0.160. The van der Waals surface area contributed by atoms with Gasteiger partial charge in [-0.2, -0.15) is 0 Å². The zero-order chi connectivity index (χ0) is 32.8. The second-order valence-corrected chi connectivity index (χ2v) is 11.9. The Hall–Kier alpha value is -3.83. The van der Waals surface area contributed by atoms with E-state index in [1.165, 1.54) is 0 Å². The SMILES string of the molecule is CCc1cc(Cl)cc(CC)c1NC(=O)CN1C[C@H](c2ccc3c(c2C)OCO3)C(C(=O)O)[C@@H]1c1ccc(OCOCCOC)cc1. The molecule has 0 saturated carbocycles. The van der Waals surface area contributed by atoms with Crippen molar-refractivity contribution in [3.63, 3.8) is 0 Å². The summed E-state index contributed by atoms with van der Waals surface area (Å²) >= 11 is 6.35. The van der Waals surface area contributed by atoms with Crippen LogP contribution in [0.1, 0.15) is 53.6 Å². The number of benzene rings is 3. The summed E-state index contributed by atoms with van der Waals surface area (Å²) in [4.78, 5) is 28.8. The van der Waals surface area contributed by atoms with Crippen molar-refractivity contribution >= 4 is 29.2 Å². The standard InChI is InChI=1S/C35H41ClN2O8/c1-5-22-15-25(36)16-23(6-2)32(22)37-30(39)18-38-17-28(27-11-12-29-34(21(27)3)46-20-45-29)31(35(40)41)33(38)24-7-9-26(10-8-24)44-19-43-14-13-42-4/h7-12,15-16,28,31,33H,5-6,13-14,17-20H2,1-4H3,(H,37,39)(H,40,41)/t28-,31?,33+/m1/s1. The van der Waals surface area contributed by atoms with E-state index >= 15 is 0 Å². The molecule has 2 aliphatic heterocycles. The third-order valence-corrected chi connectivity index (χ3v) is 8.93. The number of hydrogen-bond acceptors (Lipinski definition) is 8. The fourth-order valence-electron chi connectivity index (χ4n) is 6.51. The monoisotopic (exact) mass is 652 g/mol. The average Bonchev–Trinajstić information content (AvgIpc) is 3.68. The first-order chi connectivity index (χ1) is 22.2. The molecule has 11 heteroatoms. The minimum absolute atomic E-state index is 0.00489. The molecule has 0 radical (unpaired) electrons. The van der Waals surface area contributed by atoms with Crippen LogP contribution in [0.2, 0.25) is 5.02 Å². The molecule has 2 aliphatic rings. The minimum Gasteiger partial charge on any atom is -0.481 e. The smallest absolute Gasteiger partial charge is 0.309 e. The average molecular weight is 653 g/mol. The third kappa shape index (κ3) is 7.25. The predicted molar refractivity (Wildman–Crippen MR) is 174 cm³/mol. The molecule has 3 aromatic rings. The molecule has 246 valence electrons. The van der Waals surface area contributed by atoms with Crippen LogP contribution in [-0.2, 0) is 31.9 Å². The molecule has 5 rings (SSSR count). The van der Waals surface area contributed by atoms with Gasteiger partial charge in [0, 0.05) is 36.3 Å². The number of carboxylic acid groups (broad SMARTS) is 1. The Morgan fingerprint density at radius 1 is 1.04 bits per heavy atom. The number of aryl methyl sites for hydroxylation is 2. The first-order valence-electron chi connectivity index (χ1n) is 15.5. The highest BCUT2D eigenvalue weighted by atomic mass is 35.5. The number of amides is 1. The second kappa shape index (κ2) is 15.2. The normalized spacial score (nSPS) is 18.9. The minimum atomic E-state index is -0.943. The van der Waals surface area contributed by atoms with Crippen molar-refractivity contribution < 1.29 is 38.4 Å². The van der Waals surface area contributed by atoms with Gasteiger partial charge in [0.25, 0.3) is 0 Å². The molecular weight excluding hydrogens is 612 g/mol. The number of nitrogens with zero attached hydrogens (tertiary/aromatic N) is 1. The highest BCUT2D eigenvalue weighted by molar-refractivity contribution is 6.30. The van der Waals surface area contributed by atoms with Gasteiger partial charge in [-0.05, 0) is 77.9 Å². The van der Waals surface area contributed by atoms with Crippen LogP contribution < -0.4 is 19.5 Å². The number of anilines is 1. The Morgan fingerprint density at radius 2 is 1.76 bits per heavy atom. The number of methoxy groups -OCH3 is 1. The van der Waals surface area contributed by atoms with Gasteiger partial charge in [0.2, 0.25) is 12.7 Å². The van der Waals surface area contributed by atoms with Gasteiger partial charge >= 0.3 is 5.97 Å². The molecule has 0 spiro atoms. The highest BCUT2D eigenvalue weighted by Crippen LogP contribution is 2.49. The van der Waals surface area contributed by atoms with Crippen LogP contribution in [0.25, 0.3) is 0 Å². The first kappa shape index (κ1) is 33.5. The van der Waals surface area contributed by atoms with E-state index in [4.69, 9.17) is 35.3 Å². The van der Waals surface area contributed by atoms with Gasteiger partial charge in [0.1, 0.15) is 5.75 Å². The number of aliphatic carboxylic acids is 1. The number of nitrogens with one attached hydrogen (secondary N) is 1. The van der Waals surface area contributed by atoms with Gasteiger partial charge in [-0.15, -0.1) is 0 Å². The number of ether oxygens (including phenoxy) is 5. The number of carbonyl (C=O) groups excluding carboxylic acids is 1. The van der Waals surface area contributed by atoms with E-state index in [0.29, 0.717) is 54.9 Å². The van der Waals surface area contributed by atoms with Gasteiger partial charge < -0.3 is 34.1 Å². The summed E-state index contributed by atoms with van der Waals surface area (Å²) in [6.07, 6.45) is 1.40. The van der Waals surface area contributed by atoms with E-state index in [2.05, 4.69) is 5.32 Å². The molecule has 0 bridgehead atoms. The van der Waals surface area contributed by atoms with E-state index in [0.717, 1.165) is 33.5 Å². The molecule has 0 aromatic heterocycles. The molecule has 2 N–H and O–H groups in total. The Bertz CT molecular complexity index is 1520. The Morgan fingerprint density at radius 3 is 2.41 bits per heavy atom. The Labute approximate surface area is 274 Å². The number of likely N-dealkylation sites (tertiary alicyclic amines) is 1. The molecule has 0 aliphatic carbocycles. The first-order valence-corrected chi connectivity index (χ1v) is 15.9. The van der Waals surface area contributed by atoms with E-state index in [9.17, 15) is 14.7 Å². The number of carbonyl (C=O) groups is 2. The van der Waals surface area contributed by atoms with E-state index < -0.39 is 23.8 Å². The number of rotatable bonds is 14. The summed E-state index contributed by atoms with van der Waals surface area (Å²) in [6, 6.07) is 14.2. The van der Waals surface area contributed by atoms with Crippen molar-refractivity contribution in [3.05, 3.63) is 81.4 Å². The van der Waals surface area contributed by atoms with Crippen LogP contribution in [-0.4, -0.2) is 68.9 Å². The van der Waals surface area contributed by atoms with E-state index in [1.807, 2.05) is 62.1 Å². The highest BCUT2D eigenvalue weighted by Gasteiger charge is 2.48. The lowest BCUT2D eigenvalue weighted by molar-refractivity contribution is -0.143. The van der Waals surface area contributed by atoms with Crippen LogP contribution in [0.15, 0.2) is 48.5 Å². The molecule has 3 aromatic carbocycles. The van der Waals surface area contributed by atoms with Crippen molar-refractivity contribution in [2.24, 2.45) is 5.92 Å². The molecule has 10 nitrogen and oxygen atoms in total. The van der Waals surface area contributed by atoms with Crippen molar-refractivity contribution in [3.8, 4) is 17.2 Å².